The quantitative estimate of drug-likeness (QED) is 0.730. The van der Waals surface area contributed by atoms with E-state index in [9.17, 15) is 0 Å². The van der Waals surface area contributed by atoms with Crippen molar-refractivity contribution in [2.75, 3.05) is 0 Å². The van der Waals surface area contributed by atoms with E-state index in [1.54, 1.807) is 0 Å². The molecule has 0 N–H and O–H groups in total. The molecule has 0 bridgehead atoms. The second-order valence-electron chi connectivity index (χ2n) is 5.16. The van der Waals surface area contributed by atoms with Crippen molar-refractivity contribution in [1.82, 2.24) is 14.8 Å². The van der Waals surface area contributed by atoms with Gasteiger partial charge in [0.05, 0.1) is 5.69 Å². The summed E-state index contributed by atoms with van der Waals surface area (Å²) in [4.78, 5) is 4.16. The first-order chi connectivity index (χ1) is 10.1. The first-order valence-electron chi connectivity index (χ1n) is 6.81. The Hall–Kier alpha value is -2.13. The number of rotatable bonds is 3. The zero-order valence-corrected chi connectivity index (χ0v) is 12.8. The SMILES string of the molecule is Cc1cnccc1-c1cn(C)nc1Cc1ccc(Cl)cc1. The van der Waals surface area contributed by atoms with Crippen molar-refractivity contribution in [3.05, 3.63) is 70.8 Å². The van der Waals surface area contributed by atoms with Crippen LogP contribution in [0.1, 0.15) is 16.8 Å². The van der Waals surface area contributed by atoms with E-state index in [4.69, 9.17) is 11.6 Å². The molecule has 0 radical (unpaired) electrons. The van der Waals surface area contributed by atoms with Crippen molar-refractivity contribution in [2.24, 2.45) is 7.05 Å². The first kappa shape index (κ1) is 13.8. The average molecular weight is 298 g/mol. The Bertz CT molecular complexity index is 760. The fourth-order valence-electron chi connectivity index (χ4n) is 2.46. The van der Waals surface area contributed by atoms with Gasteiger partial charge in [-0.15, -0.1) is 0 Å². The van der Waals surface area contributed by atoms with Crippen LogP contribution in [0.15, 0.2) is 48.9 Å². The Kier molecular flexibility index (Phi) is 3.76. The highest BCUT2D eigenvalue weighted by molar-refractivity contribution is 6.30. The van der Waals surface area contributed by atoms with Crippen LogP contribution in [0, 0.1) is 6.92 Å². The van der Waals surface area contributed by atoms with Gasteiger partial charge in [-0.2, -0.15) is 5.10 Å². The molecule has 0 spiro atoms. The van der Waals surface area contributed by atoms with E-state index < -0.39 is 0 Å². The van der Waals surface area contributed by atoms with E-state index in [1.165, 1.54) is 11.1 Å². The van der Waals surface area contributed by atoms with Crippen LogP contribution in [-0.2, 0) is 13.5 Å². The normalized spacial score (nSPS) is 10.8. The Morgan fingerprint density at radius 1 is 1.10 bits per heavy atom. The summed E-state index contributed by atoms with van der Waals surface area (Å²) in [6.07, 6.45) is 6.55. The van der Waals surface area contributed by atoms with Crippen molar-refractivity contribution in [2.45, 2.75) is 13.3 Å². The molecule has 0 unspecified atom stereocenters. The molecule has 0 aliphatic carbocycles. The number of aromatic nitrogens is 3. The van der Waals surface area contributed by atoms with Gasteiger partial charge in [-0.3, -0.25) is 9.67 Å². The Balaban J connectivity index is 2.00. The van der Waals surface area contributed by atoms with Crippen LogP contribution in [-0.4, -0.2) is 14.8 Å². The molecular formula is C17H16ClN3. The summed E-state index contributed by atoms with van der Waals surface area (Å²) in [5.41, 5.74) is 5.76. The van der Waals surface area contributed by atoms with E-state index in [0.29, 0.717) is 0 Å². The van der Waals surface area contributed by atoms with Gasteiger partial charge in [0, 0.05) is 42.6 Å². The molecule has 0 fully saturated rings. The molecule has 0 saturated heterocycles. The lowest BCUT2D eigenvalue weighted by atomic mass is 10.00. The molecule has 0 saturated carbocycles. The van der Waals surface area contributed by atoms with Crippen molar-refractivity contribution < 1.29 is 0 Å². The Morgan fingerprint density at radius 3 is 2.57 bits per heavy atom. The fraction of sp³-hybridized carbons (Fsp3) is 0.176. The van der Waals surface area contributed by atoms with Crippen LogP contribution in [0.25, 0.3) is 11.1 Å². The van der Waals surface area contributed by atoms with E-state index in [-0.39, 0.29) is 0 Å². The highest BCUT2D eigenvalue weighted by Gasteiger charge is 2.12. The van der Waals surface area contributed by atoms with Gasteiger partial charge >= 0.3 is 0 Å². The summed E-state index contributed by atoms with van der Waals surface area (Å²) in [6.45, 7) is 2.07. The molecule has 21 heavy (non-hydrogen) atoms. The van der Waals surface area contributed by atoms with Gasteiger partial charge < -0.3 is 0 Å². The lowest BCUT2D eigenvalue weighted by Crippen LogP contribution is -1.94. The maximum atomic E-state index is 5.94. The number of benzene rings is 1. The minimum atomic E-state index is 0.755. The van der Waals surface area contributed by atoms with E-state index >= 15 is 0 Å². The van der Waals surface area contributed by atoms with Crippen molar-refractivity contribution in [1.29, 1.82) is 0 Å². The van der Waals surface area contributed by atoms with Gasteiger partial charge in [0.2, 0.25) is 0 Å². The van der Waals surface area contributed by atoms with Crippen LogP contribution in [0.5, 0.6) is 0 Å². The van der Waals surface area contributed by atoms with Crippen molar-refractivity contribution in [3.8, 4) is 11.1 Å². The molecule has 3 rings (SSSR count). The zero-order chi connectivity index (χ0) is 14.8. The number of hydrogen-bond donors (Lipinski definition) is 0. The molecule has 2 aromatic heterocycles. The molecule has 106 valence electrons. The Labute approximate surface area is 129 Å². The number of pyridine rings is 1. The summed E-state index contributed by atoms with van der Waals surface area (Å²) in [7, 11) is 1.95. The molecule has 0 aliphatic rings. The molecule has 2 heterocycles. The second-order valence-corrected chi connectivity index (χ2v) is 5.59. The largest absolute Gasteiger partial charge is 0.275 e. The second kappa shape index (κ2) is 5.70. The van der Waals surface area contributed by atoms with Gasteiger partial charge in [0.25, 0.3) is 0 Å². The Morgan fingerprint density at radius 2 is 1.86 bits per heavy atom. The zero-order valence-electron chi connectivity index (χ0n) is 12.0. The number of aryl methyl sites for hydroxylation is 2. The maximum Gasteiger partial charge on any atom is 0.0746 e. The van der Waals surface area contributed by atoms with Gasteiger partial charge in [0.1, 0.15) is 0 Å². The molecule has 0 aliphatic heterocycles. The monoisotopic (exact) mass is 297 g/mol. The highest BCUT2D eigenvalue weighted by atomic mass is 35.5. The lowest BCUT2D eigenvalue weighted by molar-refractivity contribution is 0.749. The molecule has 3 aromatic rings. The van der Waals surface area contributed by atoms with E-state index in [0.717, 1.165) is 28.3 Å². The minimum Gasteiger partial charge on any atom is -0.275 e. The van der Waals surface area contributed by atoms with Crippen LogP contribution in [0.4, 0.5) is 0 Å². The summed E-state index contributed by atoms with van der Waals surface area (Å²) in [5.74, 6) is 0. The number of halogens is 1. The summed E-state index contributed by atoms with van der Waals surface area (Å²) >= 11 is 5.94. The molecular weight excluding hydrogens is 282 g/mol. The van der Waals surface area contributed by atoms with E-state index in [2.05, 4.69) is 23.2 Å². The van der Waals surface area contributed by atoms with Gasteiger partial charge in [0.15, 0.2) is 0 Å². The summed E-state index contributed by atoms with van der Waals surface area (Å²) in [5, 5.41) is 5.36. The first-order valence-corrected chi connectivity index (χ1v) is 7.19. The van der Waals surface area contributed by atoms with Crippen LogP contribution in [0.2, 0.25) is 5.02 Å². The third kappa shape index (κ3) is 2.98. The average Bonchev–Trinajstić information content (AvgIpc) is 2.82. The molecule has 3 nitrogen and oxygen atoms in total. The molecule has 0 atom stereocenters. The van der Waals surface area contributed by atoms with Crippen molar-refractivity contribution in [3.63, 3.8) is 0 Å². The molecule has 4 heteroatoms. The summed E-state index contributed by atoms with van der Waals surface area (Å²) in [6, 6.07) is 9.95. The van der Waals surface area contributed by atoms with Crippen molar-refractivity contribution >= 4 is 11.6 Å². The molecule has 0 amide bonds. The van der Waals surface area contributed by atoms with Gasteiger partial charge in [-0.05, 0) is 41.8 Å². The number of nitrogens with zero attached hydrogens (tertiary/aromatic N) is 3. The molecule has 1 aromatic carbocycles. The topological polar surface area (TPSA) is 30.7 Å². The standard InChI is InChI=1S/C17H16ClN3/c1-12-10-19-8-7-15(12)16-11-21(2)20-17(16)9-13-3-5-14(18)6-4-13/h3-8,10-11H,9H2,1-2H3. The maximum absolute atomic E-state index is 5.94. The van der Waals surface area contributed by atoms with Crippen LogP contribution < -0.4 is 0 Å². The highest BCUT2D eigenvalue weighted by Crippen LogP contribution is 2.27. The predicted octanol–water partition coefficient (Wildman–Crippen LogP) is 4.03. The third-order valence-corrected chi connectivity index (χ3v) is 3.75. The van der Waals surface area contributed by atoms with Crippen LogP contribution in [0.3, 0.4) is 0 Å². The smallest absolute Gasteiger partial charge is 0.0746 e. The number of hydrogen-bond acceptors (Lipinski definition) is 2. The minimum absolute atomic E-state index is 0.755. The van der Waals surface area contributed by atoms with E-state index in [1.807, 2.05) is 54.5 Å². The van der Waals surface area contributed by atoms with Gasteiger partial charge in [-0.1, -0.05) is 23.7 Å². The fourth-order valence-corrected chi connectivity index (χ4v) is 2.59. The lowest BCUT2D eigenvalue weighted by Gasteiger charge is -2.06. The van der Waals surface area contributed by atoms with Gasteiger partial charge in [-0.25, -0.2) is 0 Å². The van der Waals surface area contributed by atoms with Crippen LogP contribution >= 0.6 is 11.6 Å². The summed E-state index contributed by atoms with van der Waals surface area (Å²) < 4.78 is 1.86. The third-order valence-electron chi connectivity index (χ3n) is 3.50. The predicted molar refractivity (Wildman–Crippen MR) is 85.4 cm³/mol.